The molecule has 2 aromatic rings. The number of carbonyl (C=O) groups excluding carboxylic acids is 1. The van der Waals surface area contributed by atoms with Gasteiger partial charge in [-0.25, -0.2) is 4.99 Å². The molecule has 100 valence electrons. The summed E-state index contributed by atoms with van der Waals surface area (Å²) < 4.78 is 1.76. The number of aliphatic imine (C=N–C) groups is 1. The van der Waals surface area contributed by atoms with Gasteiger partial charge in [-0.05, 0) is 36.4 Å². The van der Waals surface area contributed by atoms with Crippen LogP contribution in [0, 0.1) is 0 Å². The summed E-state index contributed by atoms with van der Waals surface area (Å²) in [5, 5.41) is 3.27. The van der Waals surface area contributed by atoms with Gasteiger partial charge in [0.25, 0.3) is 5.91 Å². The second-order valence-electron chi connectivity index (χ2n) is 4.20. The summed E-state index contributed by atoms with van der Waals surface area (Å²) in [5.41, 5.74) is 2.45. The minimum absolute atomic E-state index is 0.225. The highest BCUT2D eigenvalue weighted by molar-refractivity contribution is 9.10. The maximum Gasteiger partial charge on any atom is 0.275 e. The lowest BCUT2D eigenvalue weighted by atomic mass is 10.1. The normalized spacial score (nSPS) is 15.3. The van der Waals surface area contributed by atoms with Crippen LogP contribution in [0.3, 0.4) is 0 Å². The van der Waals surface area contributed by atoms with Crippen LogP contribution in [-0.2, 0) is 4.79 Å². The number of nitrogens with one attached hydrogen (secondary N) is 1. The Bertz CT molecular complexity index is 759. The maximum absolute atomic E-state index is 12.0. The molecule has 1 aliphatic heterocycles. The zero-order valence-corrected chi connectivity index (χ0v) is 13.9. The number of hydrogen-bond acceptors (Lipinski definition) is 2. The van der Waals surface area contributed by atoms with Crippen molar-refractivity contribution in [1.29, 1.82) is 0 Å². The van der Waals surface area contributed by atoms with Crippen LogP contribution in [0.15, 0.2) is 50.3 Å². The van der Waals surface area contributed by atoms with Crippen molar-refractivity contribution in [2.75, 3.05) is 5.32 Å². The fraction of sp³-hybridized carbons (Fsp3) is 0. The quantitative estimate of drug-likeness (QED) is 0.706. The molecule has 6 heteroatoms. The second kappa shape index (κ2) is 5.31. The summed E-state index contributed by atoms with van der Waals surface area (Å²) in [4.78, 5) is 16.4. The van der Waals surface area contributed by atoms with Crippen molar-refractivity contribution < 1.29 is 4.79 Å². The van der Waals surface area contributed by atoms with E-state index in [1.54, 1.807) is 12.1 Å². The highest BCUT2D eigenvalue weighted by atomic mass is 79.9. The number of rotatable bonds is 1. The molecule has 1 heterocycles. The van der Waals surface area contributed by atoms with Crippen LogP contribution < -0.4 is 5.32 Å². The van der Waals surface area contributed by atoms with Crippen molar-refractivity contribution in [1.82, 2.24) is 0 Å². The van der Waals surface area contributed by atoms with Gasteiger partial charge in [-0.1, -0.05) is 43.5 Å². The number of carbonyl (C=O) groups is 1. The third-order valence-corrected chi connectivity index (χ3v) is 4.13. The Morgan fingerprint density at radius 1 is 1.05 bits per heavy atom. The van der Waals surface area contributed by atoms with Crippen molar-refractivity contribution >= 4 is 66.5 Å². The first kappa shape index (κ1) is 13.8. The van der Waals surface area contributed by atoms with Crippen LogP contribution in [0.4, 0.5) is 11.4 Å². The smallest absolute Gasteiger partial charge is 0.275 e. The van der Waals surface area contributed by atoms with Crippen molar-refractivity contribution in [2.45, 2.75) is 0 Å². The molecular weight excluding hydrogens is 407 g/mol. The number of amides is 1. The summed E-state index contributed by atoms with van der Waals surface area (Å²) in [6.45, 7) is 0. The monoisotopic (exact) mass is 412 g/mol. The molecule has 1 N–H and O–H groups in total. The van der Waals surface area contributed by atoms with E-state index < -0.39 is 0 Å². The Kier molecular flexibility index (Phi) is 3.67. The van der Waals surface area contributed by atoms with Crippen LogP contribution >= 0.6 is 43.5 Å². The number of nitrogens with zero attached hydrogens (tertiary/aromatic N) is 1. The lowest BCUT2D eigenvalue weighted by Crippen LogP contribution is -2.13. The average molecular weight is 414 g/mol. The number of anilines is 1. The van der Waals surface area contributed by atoms with E-state index in [0.717, 1.165) is 20.2 Å². The molecule has 0 saturated carbocycles. The molecule has 0 atom stereocenters. The van der Waals surface area contributed by atoms with Gasteiger partial charge >= 0.3 is 0 Å². The Morgan fingerprint density at radius 2 is 1.75 bits per heavy atom. The molecule has 0 unspecified atom stereocenters. The van der Waals surface area contributed by atoms with Crippen LogP contribution in [0.5, 0.6) is 0 Å². The van der Waals surface area contributed by atoms with Gasteiger partial charge in [0.05, 0.1) is 16.4 Å². The Morgan fingerprint density at radius 3 is 2.50 bits per heavy atom. The van der Waals surface area contributed by atoms with E-state index in [2.05, 4.69) is 42.2 Å². The molecule has 1 aliphatic rings. The van der Waals surface area contributed by atoms with E-state index in [9.17, 15) is 4.79 Å². The van der Waals surface area contributed by atoms with Crippen molar-refractivity contribution in [2.24, 2.45) is 4.99 Å². The molecule has 0 aliphatic carbocycles. The molecule has 0 saturated heterocycles. The molecule has 0 bridgehead atoms. The molecule has 1 amide bonds. The maximum atomic E-state index is 12.0. The van der Waals surface area contributed by atoms with Gasteiger partial charge in [-0.2, -0.15) is 0 Å². The minimum atomic E-state index is -0.225. The lowest BCUT2D eigenvalue weighted by molar-refractivity contribution is -0.110. The molecule has 0 radical (unpaired) electrons. The number of fused-ring (bicyclic) bond motifs is 1. The second-order valence-corrected chi connectivity index (χ2v) is 6.44. The van der Waals surface area contributed by atoms with E-state index in [1.165, 1.54) is 0 Å². The van der Waals surface area contributed by atoms with Crippen molar-refractivity contribution in [3.05, 3.63) is 55.9 Å². The third kappa shape index (κ3) is 2.53. The Balaban J connectivity index is 2.13. The van der Waals surface area contributed by atoms with Crippen LogP contribution in [0.2, 0.25) is 5.02 Å². The fourth-order valence-electron chi connectivity index (χ4n) is 1.93. The molecule has 3 nitrogen and oxygen atoms in total. The van der Waals surface area contributed by atoms with E-state index in [-0.39, 0.29) is 5.91 Å². The Labute approximate surface area is 137 Å². The van der Waals surface area contributed by atoms with Crippen molar-refractivity contribution in [3.63, 3.8) is 0 Å². The first-order valence-corrected chi connectivity index (χ1v) is 7.66. The largest absolute Gasteiger partial charge is 0.320 e. The first-order chi connectivity index (χ1) is 9.54. The molecule has 0 spiro atoms. The zero-order chi connectivity index (χ0) is 14.3. The average Bonchev–Trinajstić information content (AvgIpc) is 2.69. The zero-order valence-electron chi connectivity index (χ0n) is 9.95. The van der Waals surface area contributed by atoms with E-state index in [1.807, 2.05) is 24.3 Å². The molecule has 3 rings (SSSR count). The summed E-state index contributed by atoms with van der Waals surface area (Å²) in [6.07, 6.45) is 0. The van der Waals surface area contributed by atoms with Gasteiger partial charge in [0.1, 0.15) is 5.71 Å². The molecule has 0 fully saturated rings. The summed E-state index contributed by atoms with van der Waals surface area (Å²) >= 11 is 12.9. The third-order valence-electron chi connectivity index (χ3n) is 2.84. The highest BCUT2D eigenvalue weighted by Crippen LogP contribution is 2.32. The molecule has 20 heavy (non-hydrogen) atoms. The van der Waals surface area contributed by atoms with Gasteiger partial charge in [0.2, 0.25) is 0 Å². The molecule has 0 aromatic heterocycles. The van der Waals surface area contributed by atoms with Crippen LogP contribution in [0.1, 0.15) is 5.56 Å². The van der Waals surface area contributed by atoms with E-state index in [4.69, 9.17) is 11.6 Å². The van der Waals surface area contributed by atoms with E-state index >= 15 is 0 Å². The van der Waals surface area contributed by atoms with Gasteiger partial charge in [-0.15, -0.1) is 0 Å². The topological polar surface area (TPSA) is 41.5 Å². The van der Waals surface area contributed by atoms with Crippen molar-refractivity contribution in [3.8, 4) is 0 Å². The van der Waals surface area contributed by atoms with E-state index in [0.29, 0.717) is 16.4 Å². The minimum Gasteiger partial charge on any atom is -0.320 e. The predicted molar refractivity (Wildman–Crippen MR) is 88.1 cm³/mol. The van der Waals surface area contributed by atoms with Crippen LogP contribution in [-0.4, -0.2) is 11.6 Å². The first-order valence-electron chi connectivity index (χ1n) is 5.69. The lowest BCUT2D eigenvalue weighted by Gasteiger charge is -2.01. The highest BCUT2D eigenvalue weighted by Gasteiger charge is 2.26. The van der Waals surface area contributed by atoms with Gasteiger partial charge in [-0.3, -0.25) is 4.79 Å². The number of halogens is 3. The number of hydrogen-bond donors (Lipinski definition) is 1. The number of benzene rings is 2. The van der Waals surface area contributed by atoms with Gasteiger partial charge < -0.3 is 5.32 Å². The summed E-state index contributed by atoms with van der Waals surface area (Å²) in [5.74, 6) is -0.225. The SMILES string of the molecule is O=C1Nc2ccc(Br)cc2C1=Nc1ccc(Br)cc1Cl. The Hall–Kier alpha value is -1.17. The van der Waals surface area contributed by atoms with Crippen LogP contribution in [0.25, 0.3) is 0 Å². The predicted octanol–water partition coefficient (Wildman–Crippen LogP) is 4.94. The fourth-order valence-corrected chi connectivity index (χ4v) is 3.01. The molecular formula is C14H7Br2ClN2O. The summed E-state index contributed by atoms with van der Waals surface area (Å²) in [7, 11) is 0. The molecule has 2 aromatic carbocycles. The van der Waals surface area contributed by atoms with Gasteiger partial charge in [0, 0.05) is 14.5 Å². The standard InChI is InChI=1S/C14H7Br2ClN2O/c15-7-1-3-11-9(5-7)13(14(20)19-11)18-12-4-2-8(16)6-10(12)17/h1-6H,(H,18,19,20). The van der Waals surface area contributed by atoms with Gasteiger partial charge in [0.15, 0.2) is 0 Å². The summed E-state index contributed by atoms with van der Waals surface area (Å²) in [6, 6.07) is 10.9.